The van der Waals surface area contributed by atoms with E-state index < -0.39 is 5.78 Å². The molecule has 0 saturated heterocycles. The van der Waals surface area contributed by atoms with Gasteiger partial charge in [0.25, 0.3) is 0 Å². The van der Waals surface area contributed by atoms with Crippen LogP contribution in [0.5, 0.6) is 23.0 Å². The third-order valence-corrected chi connectivity index (χ3v) is 3.35. The molecule has 0 atom stereocenters. The van der Waals surface area contributed by atoms with Crippen LogP contribution in [0, 0.1) is 0 Å². The zero-order valence-electron chi connectivity index (χ0n) is 11.5. The molecule has 0 saturated carbocycles. The van der Waals surface area contributed by atoms with Crippen molar-refractivity contribution in [2.24, 2.45) is 0 Å². The van der Waals surface area contributed by atoms with Gasteiger partial charge in [0.2, 0.25) is 5.78 Å². The summed E-state index contributed by atoms with van der Waals surface area (Å²) in [6.07, 6.45) is 1.25. The predicted molar refractivity (Wildman–Crippen MR) is 77.6 cm³/mol. The van der Waals surface area contributed by atoms with Crippen molar-refractivity contribution in [3.05, 3.63) is 47.7 Å². The third-order valence-electron chi connectivity index (χ3n) is 3.35. The number of carbonyl (C=O) groups is 1. The van der Waals surface area contributed by atoms with Gasteiger partial charge in [-0.3, -0.25) is 4.79 Å². The zero-order valence-corrected chi connectivity index (χ0v) is 11.5. The number of ketones is 1. The Bertz CT molecular complexity index is 878. The van der Waals surface area contributed by atoms with E-state index in [9.17, 15) is 20.1 Å². The number of hydrogen-bond acceptors (Lipinski definition) is 6. The fraction of sp³-hybridized carbons (Fsp3) is 0.0625. The molecule has 2 aromatic carbocycles. The highest BCUT2D eigenvalue weighted by molar-refractivity contribution is 6.17. The summed E-state index contributed by atoms with van der Waals surface area (Å²) in [5.74, 6) is -0.861. The Morgan fingerprint density at radius 3 is 2.50 bits per heavy atom. The number of benzene rings is 2. The second-order valence-corrected chi connectivity index (χ2v) is 4.70. The lowest BCUT2D eigenvalue weighted by molar-refractivity contribution is 0.103. The van der Waals surface area contributed by atoms with E-state index in [0.717, 1.165) is 6.07 Å². The smallest absolute Gasteiger partial charge is 0.200 e. The van der Waals surface area contributed by atoms with Crippen LogP contribution in [-0.2, 0) is 0 Å². The summed E-state index contributed by atoms with van der Waals surface area (Å²) in [6.45, 7) is 0. The maximum atomic E-state index is 12.5. The topological polar surface area (TPSA) is 100 Å². The molecule has 1 heterocycles. The quantitative estimate of drug-likeness (QED) is 0.643. The van der Waals surface area contributed by atoms with Crippen molar-refractivity contribution in [3.8, 4) is 23.0 Å². The molecule has 0 aliphatic carbocycles. The fourth-order valence-electron chi connectivity index (χ4n) is 2.24. The van der Waals surface area contributed by atoms with Gasteiger partial charge in [0, 0.05) is 17.5 Å². The summed E-state index contributed by atoms with van der Waals surface area (Å²) in [5.41, 5.74) is 0.584. The van der Waals surface area contributed by atoms with E-state index in [4.69, 9.17) is 9.15 Å². The minimum absolute atomic E-state index is 0.0239. The van der Waals surface area contributed by atoms with Gasteiger partial charge in [0.1, 0.15) is 23.3 Å². The number of hydrogen-bond donors (Lipinski definition) is 3. The zero-order chi connectivity index (χ0) is 15.9. The monoisotopic (exact) mass is 300 g/mol. The van der Waals surface area contributed by atoms with E-state index in [1.54, 1.807) is 0 Å². The number of fused-ring (bicyclic) bond motifs is 1. The van der Waals surface area contributed by atoms with Crippen LogP contribution in [-0.4, -0.2) is 28.2 Å². The summed E-state index contributed by atoms with van der Waals surface area (Å²) in [7, 11) is 1.41. The summed E-state index contributed by atoms with van der Waals surface area (Å²) >= 11 is 0. The van der Waals surface area contributed by atoms with E-state index in [2.05, 4.69) is 0 Å². The third kappa shape index (κ3) is 2.10. The molecule has 0 aliphatic heterocycles. The molecule has 112 valence electrons. The lowest BCUT2D eigenvalue weighted by Crippen LogP contribution is -2.00. The Labute approximate surface area is 124 Å². The first-order chi connectivity index (χ1) is 10.5. The average Bonchev–Trinajstić information content (AvgIpc) is 2.88. The van der Waals surface area contributed by atoms with Gasteiger partial charge in [-0.1, -0.05) is 0 Å². The average molecular weight is 300 g/mol. The number of phenolic OH excluding ortho intramolecular Hbond substituents is 3. The predicted octanol–water partition coefficient (Wildman–Crippen LogP) is 2.79. The first-order valence-electron chi connectivity index (χ1n) is 6.36. The molecule has 0 bridgehead atoms. The maximum absolute atomic E-state index is 12.5. The van der Waals surface area contributed by atoms with Crippen molar-refractivity contribution in [1.82, 2.24) is 0 Å². The normalized spacial score (nSPS) is 10.8. The Kier molecular flexibility index (Phi) is 3.14. The van der Waals surface area contributed by atoms with Crippen LogP contribution in [0.2, 0.25) is 0 Å². The number of ether oxygens (including phenoxy) is 1. The van der Waals surface area contributed by atoms with E-state index in [-0.39, 0.29) is 34.1 Å². The van der Waals surface area contributed by atoms with E-state index in [1.165, 1.54) is 37.6 Å². The molecule has 0 amide bonds. The molecule has 0 unspecified atom stereocenters. The second-order valence-electron chi connectivity index (χ2n) is 4.70. The Balaban J connectivity index is 2.13. The van der Waals surface area contributed by atoms with Crippen molar-refractivity contribution >= 4 is 16.8 Å². The maximum Gasteiger partial charge on any atom is 0.200 e. The molecule has 6 heteroatoms. The first kappa shape index (κ1) is 13.8. The Hall–Kier alpha value is -3.15. The molecule has 6 nitrogen and oxygen atoms in total. The number of aromatic hydroxyl groups is 3. The number of carbonyl (C=O) groups excluding carboxylic acids is 1. The fourth-order valence-corrected chi connectivity index (χ4v) is 2.24. The highest BCUT2D eigenvalue weighted by Gasteiger charge is 2.20. The van der Waals surface area contributed by atoms with Crippen LogP contribution in [0.1, 0.15) is 15.9 Å². The largest absolute Gasteiger partial charge is 0.508 e. The van der Waals surface area contributed by atoms with Crippen molar-refractivity contribution < 1.29 is 29.3 Å². The van der Waals surface area contributed by atoms with E-state index in [0.29, 0.717) is 11.0 Å². The molecular weight excluding hydrogens is 288 g/mol. The van der Waals surface area contributed by atoms with Gasteiger partial charge in [0.15, 0.2) is 11.5 Å². The highest BCUT2D eigenvalue weighted by atomic mass is 16.5. The van der Waals surface area contributed by atoms with Gasteiger partial charge in [-0.2, -0.15) is 0 Å². The van der Waals surface area contributed by atoms with Crippen LogP contribution in [0.15, 0.2) is 41.0 Å². The minimum atomic E-state index is -0.485. The van der Waals surface area contributed by atoms with E-state index >= 15 is 0 Å². The van der Waals surface area contributed by atoms with E-state index in [1.807, 2.05) is 0 Å². The molecule has 3 rings (SSSR count). The molecule has 0 aliphatic rings. The summed E-state index contributed by atoms with van der Waals surface area (Å²) in [5, 5.41) is 29.3. The molecule has 3 N–H and O–H groups in total. The van der Waals surface area contributed by atoms with Crippen LogP contribution in [0.3, 0.4) is 0 Å². The number of rotatable bonds is 3. The van der Waals surface area contributed by atoms with Crippen LogP contribution >= 0.6 is 0 Å². The Morgan fingerprint density at radius 2 is 1.82 bits per heavy atom. The summed E-state index contributed by atoms with van der Waals surface area (Å²) in [6, 6.07) is 6.53. The van der Waals surface area contributed by atoms with Crippen molar-refractivity contribution in [1.29, 1.82) is 0 Å². The second kappa shape index (κ2) is 5.00. The van der Waals surface area contributed by atoms with Gasteiger partial charge in [0.05, 0.1) is 18.2 Å². The summed E-state index contributed by atoms with van der Waals surface area (Å²) < 4.78 is 10.3. The highest BCUT2D eigenvalue weighted by Crippen LogP contribution is 2.35. The minimum Gasteiger partial charge on any atom is -0.508 e. The van der Waals surface area contributed by atoms with Gasteiger partial charge < -0.3 is 24.5 Å². The van der Waals surface area contributed by atoms with Crippen molar-refractivity contribution in [2.75, 3.05) is 7.11 Å². The van der Waals surface area contributed by atoms with Gasteiger partial charge in [-0.25, -0.2) is 0 Å². The molecule has 0 radical (unpaired) electrons. The molecule has 22 heavy (non-hydrogen) atoms. The molecule has 1 aromatic heterocycles. The lowest BCUT2D eigenvalue weighted by atomic mass is 10.0. The SMILES string of the molecule is COc1cc2occ(C(=O)c3ccc(O)cc3O)c2cc1O. The first-order valence-corrected chi connectivity index (χ1v) is 6.36. The van der Waals surface area contributed by atoms with Crippen LogP contribution in [0.25, 0.3) is 11.0 Å². The number of methoxy groups -OCH3 is 1. The lowest BCUT2D eigenvalue weighted by Gasteiger charge is -2.04. The molecule has 3 aromatic rings. The van der Waals surface area contributed by atoms with Gasteiger partial charge >= 0.3 is 0 Å². The molecular formula is C16H12O6. The van der Waals surface area contributed by atoms with Crippen LogP contribution in [0.4, 0.5) is 0 Å². The van der Waals surface area contributed by atoms with Crippen molar-refractivity contribution in [2.45, 2.75) is 0 Å². The molecule has 0 fully saturated rings. The Morgan fingerprint density at radius 1 is 1.05 bits per heavy atom. The van der Waals surface area contributed by atoms with Gasteiger partial charge in [-0.05, 0) is 18.2 Å². The number of furan rings is 1. The van der Waals surface area contributed by atoms with Gasteiger partial charge in [-0.15, -0.1) is 0 Å². The van der Waals surface area contributed by atoms with Crippen LogP contribution < -0.4 is 4.74 Å². The standard InChI is InChI=1S/C16H12O6/c1-21-15-6-14-10(5-13(15)19)11(7-22-14)16(20)9-3-2-8(17)4-12(9)18/h2-7,17-19H,1H3. The van der Waals surface area contributed by atoms with Crippen molar-refractivity contribution in [3.63, 3.8) is 0 Å². The summed E-state index contributed by atoms with van der Waals surface area (Å²) in [4.78, 5) is 12.5. The number of phenols is 3. The molecule has 0 spiro atoms.